The first-order chi connectivity index (χ1) is 13.7. The van der Waals surface area contributed by atoms with Crippen molar-refractivity contribution < 1.29 is 27.5 Å². The van der Waals surface area contributed by atoms with Crippen LogP contribution in [-0.2, 0) is 24.3 Å². The molecule has 10 heteroatoms. The normalized spacial score (nSPS) is 10.7. The zero-order valence-corrected chi connectivity index (χ0v) is 16.7. The van der Waals surface area contributed by atoms with Gasteiger partial charge in [-0.15, -0.1) is 0 Å². The van der Waals surface area contributed by atoms with Crippen LogP contribution in [0, 0.1) is 0 Å². The van der Waals surface area contributed by atoms with E-state index in [-0.39, 0.29) is 22.9 Å². The van der Waals surface area contributed by atoms with Gasteiger partial charge in [0, 0.05) is 19.8 Å². The number of likely N-dealkylation sites (N-methyl/N-ethyl adjacent to an activating group) is 1. The molecule has 0 saturated carbocycles. The molecule has 0 fully saturated rings. The number of carbonyl (C=O) groups is 3. The molecule has 0 aliphatic carbocycles. The minimum atomic E-state index is -3.81. The number of ether oxygens (including phenoxy) is 1. The molecule has 9 nitrogen and oxygen atoms in total. The summed E-state index contributed by atoms with van der Waals surface area (Å²) in [5.74, 6) is -1.72. The SMILES string of the molecule is CN(C)C(=O)CNC(=O)COC(=O)c1ccc(S(=O)(=O)Nc2ccccc2)cc1. The van der Waals surface area contributed by atoms with Crippen LogP contribution in [-0.4, -0.2) is 58.3 Å². The van der Waals surface area contributed by atoms with Crippen molar-refractivity contribution >= 4 is 33.5 Å². The van der Waals surface area contributed by atoms with E-state index in [4.69, 9.17) is 4.74 Å². The Morgan fingerprint density at radius 3 is 2.17 bits per heavy atom. The minimum Gasteiger partial charge on any atom is -0.452 e. The van der Waals surface area contributed by atoms with Crippen molar-refractivity contribution in [2.24, 2.45) is 0 Å². The number of nitrogens with zero attached hydrogens (tertiary/aromatic N) is 1. The van der Waals surface area contributed by atoms with E-state index < -0.39 is 28.5 Å². The standard InChI is InChI=1S/C19H21N3O6S/c1-22(2)18(24)12-20-17(23)13-28-19(25)14-8-10-16(11-9-14)29(26,27)21-15-6-4-3-5-7-15/h3-11,21H,12-13H2,1-2H3,(H,20,23). The van der Waals surface area contributed by atoms with Gasteiger partial charge in [-0.2, -0.15) is 0 Å². The van der Waals surface area contributed by atoms with Gasteiger partial charge in [-0.1, -0.05) is 18.2 Å². The van der Waals surface area contributed by atoms with Crippen LogP contribution in [0.15, 0.2) is 59.5 Å². The first kappa shape index (κ1) is 21.9. The van der Waals surface area contributed by atoms with Crippen molar-refractivity contribution in [3.05, 3.63) is 60.2 Å². The Balaban J connectivity index is 1.91. The predicted molar refractivity (Wildman–Crippen MR) is 106 cm³/mol. The number of sulfonamides is 1. The van der Waals surface area contributed by atoms with Crippen LogP contribution in [0.5, 0.6) is 0 Å². The van der Waals surface area contributed by atoms with E-state index in [2.05, 4.69) is 10.0 Å². The Kier molecular flexibility index (Phi) is 7.32. The van der Waals surface area contributed by atoms with Crippen molar-refractivity contribution in [1.82, 2.24) is 10.2 Å². The van der Waals surface area contributed by atoms with Crippen LogP contribution in [0.25, 0.3) is 0 Å². The summed E-state index contributed by atoms with van der Waals surface area (Å²) in [6.45, 7) is -0.764. The highest BCUT2D eigenvalue weighted by Crippen LogP contribution is 2.16. The average molecular weight is 419 g/mol. The van der Waals surface area contributed by atoms with Crippen molar-refractivity contribution in [1.29, 1.82) is 0 Å². The van der Waals surface area contributed by atoms with Gasteiger partial charge in [0.1, 0.15) is 0 Å². The summed E-state index contributed by atoms with van der Waals surface area (Å²) in [5, 5.41) is 2.33. The number of anilines is 1. The highest BCUT2D eigenvalue weighted by atomic mass is 32.2. The first-order valence-corrected chi connectivity index (χ1v) is 9.99. The molecule has 2 N–H and O–H groups in total. The molecule has 2 aromatic rings. The van der Waals surface area contributed by atoms with E-state index in [1.165, 1.54) is 29.2 Å². The quantitative estimate of drug-likeness (QED) is 0.612. The summed E-state index contributed by atoms with van der Waals surface area (Å²) >= 11 is 0. The summed E-state index contributed by atoms with van der Waals surface area (Å²) in [5.41, 5.74) is 0.496. The molecule has 0 spiro atoms. The van der Waals surface area contributed by atoms with E-state index in [9.17, 15) is 22.8 Å². The summed E-state index contributed by atoms with van der Waals surface area (Å²) in [7, 11) is -0.708. The lowest BCUT2D eigenvalue weighted by atomic mass is 10.2. The molecular formula is C19H21N3O6S. The highest BCUT2D eigenvalue weighted by molar-refractivity contribution is 7.92. The second-order valence-corrected chi connectivity index (χ2v) is 7.82. The molecule has 0 aliphatic rings. The third kappa shape index (κ3) is 6.61. The smallest absolute Gasteiger partial charge is 0.338 e. The number of nitrogens with one attached hydrogen (secondary N) is 2. The Morgan fingerprint density at radius 1 is 0.966 bits per heavy atom. The Hall–Kier alpha value is -3.40. The number of benzene rings is 2. The zero-order valence-electron chi connectivity index (χ0n) is 15.9. The third-order valence-corrected chi connectivity index (χ3v) is 5.09. The molecule has 154 valence electrons. The van der Waals surface area contributed by atoms with Gasteiger partial charge in [-0.05, 0) is 36.4 Å². The lowest BCUT2D eigenvalue weighted by Gasteiger charge is -2.11. The Bertz CT molecular complexity index is 973. The van der Waals surface area contributed by atoms with Gasteiger partial charge in [-0.3, -0.25) is 14.3 Å². The Labute approximate surface area is 168 Å². The van der Waals surface area contributed by atoms with Crippen LogP contribution < -0.4 is 10.0 Å². The molecule has 0 atom stereocenters. The molecule has 0 radical (unpaired) electrons. The first-order valence-electron chi connectivity index (χ1n) is 8.51. The Morgan fingerprint density at radius 2 is 1.59 bits per heavy atom. The van der Waals surface area contributed by atoms with Gasteiger partial charge in [0.25, 0.3) is 15.9 Å². The molecule has 0 aliphatic heterocycles. The summed E-state index contributed by atoms with van der Waals surface area (Å²) in [6.07, 6.45) is 0. The van der Waals surface area contributed by atoms with E-state index in [1.807, 2.05) is 0 Å². The maximum atomic E-state index is 12.4. The van der Waals surface area contributed by atoms with E-state index in [1.54, 1.807) is 44.4 Å². The van der Waals surface area contributed by atoms with E-state index in [0.29, 0.717) is 5.69 Å². The molecule has 2 rings (SSSR count). The number of hydrogen-bond acceptors (Lipinski definition) is 6. The second-order valence-electron chi connectivity index (χ2n) is 6.14. The maximum Gasteiger partial charge on any atom is 0.338 e. The van der Waals surface area contributed by atoms with Crippen LogP contribution in [0.2, 0.25) is 0 Å². The van der Waals surface area contributed by atoms with Crippen molar-refractivity contribution in [2.75, 3.05) is 32.0 Å². The third-order valence-electron chi connectivity index (χ3n) is 3.70. The van der Waals surface area contributed by atoms with Gasteiger partial charge in [0.05, 0.1) is 17.0 Å². The number of carbonyl (C=O) groups excluding carboxylic acids is 3. The fourth-order valence-electron chi connectivity index (χ4n) is 2.09. The van der Waals surface area contributed by atoms with Crippen LogP contribution in [0.4, 0.5) is 5.69 Å². The fourth-order valence-corrected chi connectivity index (χ4v) is 3.15. The van der Waals surface area contributed by atoms with Gasteiger partial charge in [-0.25, -0.2) is 13.2 Å². The maximum absolute atomic E-state index is 12.4. The van der Waals surface area contributed by atoms with Crippen molar-refractivity contribution in [3.8, 4) is 0 Å². The number of hydrogen-bond donors (Lipinski definition) is 2. The molecule has 0 unspecified atom stereocenters. The van der Waals surface area contributed by atoms with Gasteiger partial charge < -0.3 is 15.0 Å². The van der Waals surface area contributed by atoms with Gasteiger partial charge >= 0.3 is 5.97 Å². The zero-order chi connectivity index (χ0) is 21.4. The molecule has 0 heterocycles. The number of esters is 1. The van der Waals surface area contributed by atoms with Crippen LogP contribution >= 0.6 is 0 Å². The topological polar surface area (TPSA) is 122 Å². The predicted octanol–water partition coefficient (Wildman–Crippen LogP) is 0.849. The lowest BCUT2D eigenvalue weighted by molar-refractivity contribution is -0.131. The molecular weight excluding hydrogens is 398 g/mol. The summed E-state index contributed by atoms with van der Waals surface area (Å²) in [4.78, 5) is 36.3. The molecule has 0 saturated heterocycles. The molecule has 2 aromatic carbocycles. The number of rotatable bonds is 8. The number of amides is 2. The largest absolute Gasteiger partial charge is 0.452 e. The monoisotopic (exact) mass is 419 g/mol. The molecule has 0 bridgehead atoms. The average Bonchev–Trinajstić information content (AvgIpc) is 2.70. The van der Waals surface area contributed by atoms with Crippen molar-refractivity contribution in [3.63, 3.8) is 0 Å². The summed E-state index contributed by atoms with van der Waals surface area (Å²) in [6, 6.07) is 13.5. The fraction of sp³-hybridized carbons (Fsp3) is 0.211. The van der Waals surface area contributed by atoms with Crippen molar-refractivity contribution in [2.45, 2.75) is 4.90 Å². The van der Waals surface area contributed by atoms with Gasteiger partial charge in [0.2, 0.25) is 5.91 Å². The molecule has 29 heavy (non-hydrogen) atoms. The summed E-state index contributed by atoms with van der Waals surface area (Å²) < 4.78 is 32.0. The lowest BCUT2D eigenvalue weighted by Crippen LogP contribution is -2.38. The van der Waals surface area contributed by atoms with E-state index >= 15 is 0 Å². The minimum absolute atomic E-state index is 0.0298. The highest BCUT2D eigenvalue weighted by Gasteiger charge is 2.16. The van der Waals surface area contributed by atoms with E-state index in [0.717, 1.165) is 0 Å². The van der Waals surface area contributed by atoms with Crippen LogP contribution in [0.1, 0.15) is 10.4 Å². The molecule has 2 amide bonds. The molecule has 0 aromatic heterocycles. The van der Waals surface area contributed by atoms with Crippen LogP contribution in [0.3, 0.4) is 0 Å². The van der Waals surface area contributed by atoms with Gasteiger partial charge in [0.15, 0.2) is 6.61 Å². The number of para-hydroxylation sites is 1. The second kappa shape index (κ2) is 9.69.